The third-order valence-electron chi connectivity index (χ3n) is 3.52. The summed E-state index contributed by atoms with van der Waals surface area (Å²) in [7, 11) is 0. The predicted octanol–water partition coefficient (Wildman–Crippen LogP) is 4.06. The minimum Gasteiger partial charge on any atom is -0.296 e. The summed E-state index contributed by atoms with van der Waals surface area (Å²) >= 11 is 0. The van der Waals surface area contributed by atoms with Crippen molar-refractivity contribution in [3.63, 3.8) is 0 Å². The Hall–Kier alpha value is -2.94. The fraction of sp³-hybridized carbons (Fsp3) is 0. The van der Waals surface area contributed by atoms with Crippen LogP contribution in [0.25, 0.3) is 28.2 Å². The molecule has 0 bridgehead atoms. The van der Waals surface area contributed by atoms with Gasteiger partial charge in [-0.25, -0.2) is 4.98 Å². The zero-order valence-corrected chi connectivity index (χ0v) is 11.3. The maximum Gasteiger partial charge on any atom is 0.156 e. The molecule has 3 heteroatoms. The summed E-state index contributed by atoms with van der Waals surface area (Å²) in [4.78, 5) is 8.93. The lowest BCUT2D eigenvalue weighted by molar-refractivity contribution is 1.13. The Balaban J connectivity index is 2.07. The van der Waals surface area contributed by atoms with Crippen molar-refractivity contribution in [1.82, 2.24) is 14.4 Å². The Morgan fingerprint density at radius 3 is 2.14 bits per heavy atom. The molecule has 0 N–H and O–H groups in total. The van der Waals surface area contributed by atoms with Crippen molar-refractivity contribution in [2.24, 2.45) is 0 Å². The van der Waals surface area contributed by atoms with E-state index < -0.39 is 0 Å². The summed E-state index contributed by atoms with van der Waals surface area (Å²) in [6.07, 6.45) is 5.53. The monoisotopic (exact) mass is 271 g/mol. The fourth-order valence-electron chi connectivity index (χ4n) is 2.58. The highest BCUT2D eigenvalue weighted by molar-refractivity contribution is 5.81. The number of benzene rings is 2. The van der Waals surface area contributed by atoms with Crippen LogP contribution in [0.15, 0.2) is 79.3 Å². The van der Waals surface area contributed by atoms with Crippen LogP contribution in [0.4, 0.5) is 0 Å². The highest BCUT2D eigenvalue weighted by Gasteiger charge is 2.15. The number of fused-ring (bicyclic) bond motifs is 1. The molecule has 0 saturated carbocycles. The summed E-state index contributed by atoms with van der Waals surface area (Å²) in [5.41, 5.74) is 5.19. The van der Waals surface area contributed by atoms with Gasteiger partial charge in [-0.15, -0.1) is 0 Å². The SMILES string of the molecule is c1ccc(-c2nc3cnccn3c2-c2ccccc2)cc1. The van der Waals surface area contributed by atoms with Crippen LogP contribution in [0.2, 0.25) is 0 Å². The van der Waals surface area contributed by atoms with E-state index >= 15 is 0 Å². The van der Waals surface area contributed by atoms with Crippen molar-refractivity contribution >= 4 is 5.65 Å². The summed E-state index contributed by atoms with van der Waals surface area (Å²) in [6, 6.07) is 20.6. The average molecular weight is 271 g/mol. The molecule has 0 fully saturated rings. The molecule has 0 spiro atoms. The molecule has 2 aromatic heterocycles. The first-order valence-corrected chi connectivity index (χ1v) is 6.86. The van der Waals surface area contributed by atoms with Gasteiger partial charge in [0.05, 0.1) is 17.6 Å². The summed E-state index contributed by atoms with van der Waals surface area (Å²) in [6.45, 7) is 0. The van der Waals surface area contributed by atoms with E-state index in [9.17, 15) is 0 Å². The largest absolute Gasteiger partial charge is 0.296 e. The van der Waals surface area contributed by atoms with Gasteiger partial charge in [0.15, 0.2) is 5.65 Å². The first-order chi connectivity index (χ1) is 10.4. The fourth-order valence-corrected chi connectivity index (χ4v) is 2.58. The van der Waals surface area contributed by atoms with Crippen LogP contribution < -0.4 is 0 Å². The van der Waals surface area contributed by atoms with Crippen molar-refractivity contribution in [3.8, 4) is 22.5 Å². The molecule has 21 heavy (non-hydrogen) atoms. The Morgan fingerprint density at radius 2 is 1.43 bits per heavy atom. The van der Waals surface area contributed by atoms with Crippen LogP contribution in [0.1, 0.15) is 0 Å². The Labute approximate surface area is 122 Å². The third kappa shape index (κ3) is 1.99. The van der Waals surface area contributed by atoms with Crippen molar-refractivity contribution in [2.45, 2.75) is 0 Å². The number of nitrogens with zero attached hydrogens (tertiary/aromatic N) is 3. The third-order valence-corrected chi connectivity index (χ3v) is 3.52. The number of hydrogen-bond acceptors (Lipinski definition) is 2. The molecule has 2 heterocycles. The van der Waals surface area contributed by atoms with E-state index in [-0.39, 0.29) is 0 Å². The van der Waals surface area contributed by atoms with Crippen LogP contribution in [-0.4, -0.2) is 14.4 Å². The van der Waals surface area contributed by atoms with Gasteiger partial charge in [-0.05, 0) is 0 Å². The van der Waals surface area contributed by atoms with Crippen LogP contribution >= 0.6 is 0 Å². The van der Waals surface area contributed by atoms with Crippen molar-refractivity contribution in [1.29, 1.82) is 0 Å². The molecular formula is C18H13N3. The second kappa shape index (κ2) is 4.87. The minimum absolute atomic E-state index is 0.857. The van der Waals surface area contributed by atoms with Gasteiger partial charge < -0.3 is 0 Å². The van der Waals surface area contributed by atoms with Crippen LogP contribution in [-0.2, 0) is 0 Å². The van der Waals surface area contributed by atoms with Crippen LogP contribution in [0.3, 0.4) is 0 Å². The smallest absolute Gasteiger partial charge is 0.156 e. The van der Waals surface area contributed by atoms with E-state index in [1.807, 2.05) is 42.6 Å². The zero-order valence-electron chi connectivity index (χ0n) is 11.3. The lowest BCUT2D eigenvalue weighted by Gasteiger charge is -2.05. The van der Waals surface area contributed by atoms with Gasteiger partial charge in [0.1, 0.15) is 0 Å². The molecule has 0 aliphatic carbocycles. The molecular weight excluding hydrogens is 258 g/mol. The van der Waals surface area contributed by atoms with Gasteiger partial charge >= 0.3 is 0 Å². The Kier molecular flexibility index (Phi) is 2.75. The number of aromatic nitrogens is 3. The quantitative estimate of drug-likeness (QED) is 0.550. The second-order valence-electron chi connectivity index (χ2n) is 4.85. The van der Waals surface area contributed by atoms with Crippen molar-refractivity contribution in [2.75, 3.05) is 0 Å². The molecule has 4 rings (SSSR count). The summed E-state index contributed by atoms with van der Waals surface area (Å²) in [5, 5.41) is 0. The van der Waals surface area contributed by atoms with E-state index in [1.165, 1.54) is 0 Å². The molecule has 0 saturated heterocycles. The number of rotatable bonds is 2. The highest BCUT2D eigenvalue weighted by atomic mass is 15.0. The minimum atomic E-state index is 0.857. The highest BCUT2D eigenvalue weighted by Crippen LogP contribution is 2.32. The molecule has 0 aliphatic heterocycles. The van der Waals surface area contributed by atoms with Gasteiger partial charge in [-0.3, -0.25) is 9.38 Å². The standard InChI is InChI=1S/C18H13N3/c1-3-7-14(8-4-1)17-18(15-9-5-2-6-10-15)21-12-11-19-13-16(21)20-17/h1-13H. The molecule has 0 amide bonds. The lowest BCUT2D eigenvalue weighted by Crippen LogP contribution is -1.89. The second-order valence-corrected chi connectivity index (χ2v) is 4.85. The number of hydrogen-bond donors (Lipinski definition) is 0. The molecule has 100 valence electrons. The van der Waals surface area contributed by atoms with E-state index in [0.717, 1.165) is 28.2 Å². The lowest BCUT2D eigenvalue weighted by atomic mass is 10.1. The van der Waals surface area contributed by atoms with E-state index in [0.29, 0.717) is 0 Å². The molecule has 4 aromatic rings. The van der Waals surface area contributed by atoms with E-state index in [4.69, 9.17) is 4.98 Å². The Bertz CT molecular complexity index is 880. The Morgan fingerprint density at radius 1 is 0.762 bits per heavy atom. The molecule has 3 nitrogen and oxygen atoms in total. The van der Waals surface area contributed by atoms with E-state index in [2.05, 4.69) is 33.7 Å². The molecule has 0 atom stereocenters. The number of imidazole rings is 1. The van der Waals surface area contributed by atoms with Crippen molar-refractivity contribution in [3.05, 3.63) is 79.3 Å². The maximum atomic E-state index is 4.76. The predicted molar refractivity (Wildman–Crippen MR) is 83.9 cm³/mol. The van der Waals surface area contributed by atoms with Crippen LogP contribution in [0.5, 0.6) is 0 Å². The van der Waals surface area contributed by atoms with Gasteiger partial charge in [0.25, 0.3) is 0 Å². The first kappa shape index (κ1) is 11.9. The van der Waals surface area contributed by atoms with Crippen molar-refractivity contribution < 1.29 is 0 Å². The van der Waals surface area contributed by atoms with Crippen LogP contribution in [0, 0.1) is 0 Å². The average Bonchev–Trinajstić information content (AvgIpc) is 2.96. The van der Waals surface area contributed by atoms with Gasteiger partial charge in [0, 0.05) is 23.5 Å². The van der Waals surface area contributed by atoms with Gasteiger partial charge in [0.2, 0.25) is 0 Å². The first-order valence-electron chi connectivity index (χ1n) is 6.86. The topological polar surface area (TPSA) is 30.2 Å². The molecule has 0 radical (unpaired) electrons. The zero-order chi connectivity index (χ0) is 14.1. The molecule has 0 aliphatic rings. The molecule has 2 aromatic carbocycles. The summed E-state index contributed by atoms with van der Waals surface area (Å²) in [5.74, 6) is 0. The van der Waals surface area contributed by atoms with Gasteiger partial charge in [-0.1, -0.05) is 60.7 Å². The van der Waals surface area contributed by atoms with Gasteiger partial charge in [-0.2, -0.15) is 0 Å². The molecule has 0 unspecified atom stereocenters. The van der Waals surface area contributed by atoms with E-state index in [1.54, 1.807) is 12.4 Å². The normalized spacial score (nSPS) is 10.9. The summed E-state index contributed by atoms with van der Waals surface area (Å²) < 4.78 is 2.09. The maximum absolute atomic E-state index is 4.76.